The summed E-state index contributed by atoms with van der Waals surface area (Å²) in [7, 11) is 0. The Kier molecular flexibility index (Phi) is 5.13. The Morgan fingerprint density at radius 3 is 2.40 bits per heavy atom. The van der Waals surface area contributed by atoms with Crippen molar-refractivity contribution in [1.82, 2.24) is 0 Å². The minimum atomic E-state index is -0.539. The molecule has 0 aliphatic heterocycles. The number of carbonyl (C=O) groups excluding carboxylic acids is 2. The van der Waals surface area contributed by atoms with Crippen LogP contribution in [0.5, 0.6) is 0 Å². The van der Waals surface area contributed by atoms with Gasteiger partial charge in [-0.1, -0.05) is 12.1 Å². The summed E-state index contributed by atoms with van der Waals surface area (Å²) < 4.78 is 19.6. The van der Waals surface area contributed by atoms with Gasteiger partial charge in [-0.05, 0) is 65.1 Å². The Bertz CT molecular complexity index is 926. The van der Waals surface area contributed by atoms with E-state index in [4.69, 9.17) is 4.42 Å². The third kappa shape index (κ3) is 4.05. The van der Waals surface area contributed by atoms with Crippen LogP contribution in [0.3, 0.4) is 0 Å². The number of para-hydroxylation sites is 1. The van der Waals surface area contributed by atoms with Gasteiger partial charge in [-0.2, -0.15) is 0 Å². The monoisotopic (exact) mass is 450 g/mol. The van der Waals surface area contributed by atoms with Gasteiger partial charge in [0.15, 0.2) is 5.76 Å². The second kappa shape index (κ2) is 7.47. The molecule has 0 fully saturated rings. The molecule has 0 atom stereocenters. The molecule has 0 spiro atoms. The molecule has 126 valence electrons. The zero-order chi connectivity index (χ0) is 17.8. The lowest BCUT2D eigenvalue weighted by atomic mass is 10.1. The average molecular weight is 450 g/mol. The van der Waals surface area contributed by atoms with Crippen molar-refractivity contribution in [3.63, 3.8) is 0 Å². The Balaban J connectivity index is 1.87. The third-order valence-electron chi connectivity index (χ3n) is 3.34. The van der Waals surface area contributed by atoms with Crippen molar-refractivity contribution in [3.8, 4) is 0 Å². The normalized spacial score (nSPS) is 10.3. The predicted molar refractivity (Wildman–Crippen MR) is 100 cm³/mol. The second-order valence-corrected chi connectivity index (χ2v) is 6.30. The van der Waals surface area contributed by atoms with Crippen LogP contribution in [-0.4, -0.2) is 11.8 Å². The maximum Gasteiger partial charge on any atom is 0.291 e. The molecule has 5 nitrogen and oxygen atoms in total. The molecule has 0 saturated carbocycles. The fourth-order valence-electron chi connectivity index (χ4n) is 2.16. The molecule has 1 heterocycles. The van der Waals surface area contributed by atoms with Gasteiger partial charge in [0.1, 0.15) is 5.82 Å². The van der Waals surface area contributed by atoms with Crippen LogP contribution in [0, 0.1) is 9.39 Å². The number of carbonyl (C=O) groups is 2. The molecular weight excluding hydrogens is 438 g/mol. The summed E-state index contributed by atoms with van der Waals surface area (Å²) in [5.41, 5.74) is 0.584. The molecule has 25 heavy (non-hydrogen) atoms. The van der Waals surface area contributed by atoms with Crippen LogP contribution in [-0.2, 0) is 0 Å². The van der Waals surface area contributed by atoms with Crippen LogP contribution < -0.4 is 10.6 Å². The van der Waals surface area contributed by atoms with Gasteiger partial charge in [-0.15, -0.1) is 0 Å². The number of amides is 2. The molecule has 2 amide bonds. The predicted octanol–water partition coefficient (Wildman–Crippen LogP) is 4.53. The molecule has 3 rings (SSSR count). The van der Waals surface area contributed by atoms with Gasteiger partial charge in [0, 0.05) is 3.57 Å². The first-order valence-corrected chi connectivity index (χ1v) is 8.33. The summed E-state index contributed by atoms with van der Waals surface area (Å²) in [4.78, 5) is 24.7. The average Bonchev–Trinajstić information content (AvgIpc) is 3.13. The molecule has 0 aliphatic rings. The van der Waals surface area contributed by atoms with Gasteiger partial charge in [-0.25, -0.2) is 4.39 Å². The number of nitrogens with one attached hydrogen (secondary N) is 2. The number of rotatable bonds is 4. The highest BCUT2D eigenvalue weighted by atomic mass is 127. The van der Waals surface area contributed by atoms with Crippen molar-refractivity contribution in [2.24, 2.45) is 0 Å². The number of halogens is 2. The van der Waals surface area contributed by atoms with Crippen molar-refractivity contribution < 1.29 is 18.4 Å². The standard InChI is InChI=1S/C18H12FIN2O3/c19-13-4-1-2-5-15(13)22-17(23)12-10-11(20)7-8-14(12)21-18(24)16-6-3-9-25-16/h1-10H,(H,21,24)(H,22,23). The molecule has 0 saturated heterocycles. The number of furan rings is 1. The number of hydrogen-bond donors (Lipinski definition) is 2. The fraction of sp³-hybridized carbons (Fsp3) is 0. The van der Waals surface area contributed by atoms with Crippen LogP contribution in [0.25, 0.3) is 0 Å². The van der Waals surface area contributed by atoms with Crippen molar-refractivity contribution in [2.75, 3.05) is 10.6 Å². The van der Waals surface area contributed by atoms with E-state index in [1.54, 1.807) is 30.3 Å². The molecule has 0 unspecified atom stereocenters. The Hall–Kier alpha value is -2.68. The van der Waals surface area contributed by atoms with Crippen molar-refractivity contribution in [2.45, 2.75) is 0 Å². The maximum absolute atomic E-state index is 13.7. The molecule has 0 radical (unpaired) electrons. The molecule has 1 aromatic heterocycles. The molecule has 2 aromatic carbocycles. The summed E-state index contributed by atoms with van der Waals surface area (Å²) in [6.45, 7) is 0. The van der Waals surface area contributed by atoms with Gasteiger partial charge in [-0.3, -0.25) is 9.59 Å². The second-order valence-electron chi connectivity index (χ2n) is 5.06. The van der Waals surface area contributed by atoms with Gasteiger partial charge in [0.05, 0.1) is 23.2 Å². The molecular formula is C18H12FIN2O3. The lowest BCUT2D eigenvalue weighted by molar-refractivity contribution is 0.0996. The lowest BCUT2D eigenvalue weighted by Gasteiger charge is -2.12. The first-order valence-electron chi connectivity index (χ1n) is 7.25. The summed E-state index contributed by atoms with van der Waals surface area (Å²) in [6.07, 6.45) is 1.38. The fourth-order valence-corrected chi connectivity index (χ4v) is 2.65. The maximum atomic E-state index is 13.7. The first-order chi connectivity index (χ1) is 12.0. The van der Waals surface area contributed by atoms with E-state index in [2.05, 4.69) is 33.2 Å². The lowest BCUT2D eigenvalue weighted by Crippen LogP contribution is -2.18. The third-order valence-corrected chi connectivity index (χ3v) is 4.01. The topological polar surface area (TPSA) is 71.3 Å². The Labute approximate surface area is 156 Å². The quantitative estimate of drug-likeness (QED) is 0.574. The van der Waals surface area contributed by atoms with E-state index >= 15 is 0 Å². The molecule has 2 N–H and O–H groups in total. The minimum Gasteiger partial charge on any atom is -0.459 e. The van der Waals surface area contributed by atoms with E-state index in [-0.39, 0.29) is 17.0 Å². The van der Waals surface area contributed by atoms with E-state index in [1.165, 1.54) is 30.5 Å². The van der Waals surface area contributed by atoms with Gasteiger partial charge in [0.25, 0.3) is 11.8 Å². The Morgan fingerprint density at radius 2 is 1.68 bits per heavy atom. The van der Waals surface area contributed by atoms with Gasteiger partial charge < -0.3 is 15.1 Å². The highest BCUT2D eigenvalue weighted by molar-refractivity contribution is 14.1. The van der Waals surface area contributed by atoms with Crippen LogP contribution in [0.1, 0.15) is 20.9 Å². The molecule has 3 aromatic rings. The van der Waals surface area contributed by atoms with E-state index in [1.807, 2.05) is 0 Å². The largest absolute Gasteiger partial charge is 0.459 e. The summed E-state index contributed by atoms with van der Waals surface area (Å²) in [5, 5.41) is 5.14. The highest BCUT2D eigenvalue weighted by Gasteiger charge is 2.17. The zero-order valence-electron chi connectivity index (χ0n) is 12.8. The number of hydrogen-bond acceptors (Lipinski definition) is 3. The summed E-state index contributed by atoms with van der Waals surface area (Å²) in [5.74, 6) is -1.42. The van der Waals surface area contributed by atoms with Crippen molar-refractivity contribution in [3.05, 3.63) is 81.6 Å². The molecule has 0 aliphatic carbocycles. The van der Waals surface area contributed by atoms with Gasteiger partial charge >= 0.3 is 0 Å². The van der Waals surface area contributed by atoms with Crippen molar-refractivity contribution in [1.29, 1.82) is 0 Å². The van der Waals surface area contributed by atoms with Crippen LogP contribution >= 0.6 is 22.6 Å². The number of anilines is 2. The zero-order valence-corrected chi connectivity index (χ0v) is 14.9. The highest BCUT2D eigenvalue weighted by Crippen LogP contribution is 2.22. The van der Waals surface area contributed by atoms with E-state index in [9.17, 15) is 14.0 Å². The summed E-state index contributed by atoms with van der Waals surface area (Å²) in [6, 6.07) is 13.9. The van der Waals surface area contributed by atoms with E-state index in [0.717, 1.165) is 3.57 Å². The molecule has 0 bridgehead atoms. The minimum absolute atomic E-state index is 0.0645. The van der Waals surface area contributed by atoms with Crippen molar-refractivity contribution >= 4 is 45.8 Å². The SMILES string of the molecule is O=C(Nc1ccc(I)cc1C(=O)Nc1ccccc1F)c1ccco1. The smallest absolute Gasteiger partial charge is 0.291 e. The van der Waals surface area contributed by atoms with Crippen LogP contribution in [0.15, 0.2) is 65.3 Å². The van der Waals surface area contributed by atoms with E-state index < -0.39 is 17.6 Å². The van der Waals surface area contributed by atoms with E-state index in [0.29, 0.717) is 5.69 Å². The van der Waals surface area contributed by atoms with Crippen LogP contribution in [0.4, 0.5) is 15.8 Å². The van der Waals surface area contributed by atoms with Gasteiger partial charge in [0.2, 0.25) is 0 Å². The number of benzene rings is 2. The first kappa shape index (κ1) is 17.2. The summed E-state index contributed by atoms with van der Waals surface area (Å²) >= 11 is 2.05. The Morgan fingerprint density at radius 1 is 0.920 bits per heavy atom. The van der Waals surface area contributed by atoms with Crippen LogP contribution in [0.2, 0.25) is 0 Å². The molecule has 7 heteroatoms.